The van der Waals surface area contributed by atoms with E-state index in [0.717, 1.165) is 0 Å². The van der Waals surface area contributed by atoms with Crippen LogP contribution >= 0.6 is 11.6 Å². The van der Waals surface area contributed by atoms with E-state index in [4.69, 9.17) is 11.6 Å². The summed E-state index contributed by atoms with van der Waals surface area (Å²) in [6, 6.07) is 10.6. The molecule has 33 heavy (non-hydrogen) atoms. The van der Waals surface area contributed by atoms with Gasteiger partial charge < -0.3 is 10.6 Å². The highest BCUT2D eigenvalue weighted by molar-refractivity contribution is 6.33. The predicted octanol–water partition coefficient (Wildman–Crippen LogP) is 3.67. The zero-order chi connectivity index (χ0) is 23.7. The van der Waals surface area contributed by atoms with Crippen molar-refractivity contribution in [2.45, 2.75) is 19.3 Å². The number of hydrogen-bond donors (Lipinski definition) is 2. The molecule has 1 atom stereocenters. The number of halogens is 2. The van der Waals surface area contributed by atoms with Crippen molar-refractivity contribution in [1.82, 2.24) is 15.1 Å². The summed E-state index contributed by atoms with van der Waals surface area (Å²) >= 11 is 6.41. The van der Waals surface area contributed by atoms with Gasteiger partial charge in [0.15, 0.2) is 0 Å². The average Bonchev–Trinajstić information content (AvgIpc) is 2.78. The molecule has 0 bridgehead atoms. The SMILES string of the molecule is Cc1cc(Cl)c(-c2ccnn(C)c2=O)cc1NC(=O)C1=CNC(=O)CC1c1ccc(F)cc1. The Kier molecular flexibility index (Phi) is 6.11. The van der Waals surface area contributed by atoms with E-state index in [1.54, 1.807) is 37.3 Å². The summed E-state index contributed by atoms with van der Waals surface area (Å²) in [7, 11) is 1.54. The third-order valence-electron chi connectivity index (χ3n) is 5.55. The highest BCUT2D eigenvalue weighted by atomic mass is 35.5. The van der Waals surface area contributed by atoms with Crippen molar-refractivity contribution in [3.05, 3.63) is 92.8 Å². The molecule has 2 N–H and O–H groups in total. The van der Waals surface area contributed by atoms with Gasteiger partial charge >= 0.3 is 0 Å². The Morgan fingerprint density at radius 3 is 2.64 bits per heavy atom. The average molecular weight is 467 g/mol. The van der Waals surface area contributed by atoms with E-state index < -0.39 is 17.6 Å². The minimum atomic E-state index is -0.529. The van der Waals surface area contributed by atoms with Crippen molar-refractivity contribution in [3.63, 3.8) is 0 Å². The van der Waals surface area contributed by atoms with Gasteiger partial charge in [0.1, 0.15) is 5.82 Å². The van der Waals surface area contributed by atoms with Gasteiger partial charge in [0, 0.05) is 53.6 Å². The minimum absolute atomic E-state index is 0.0583. The zero-order valence-electron chi connectivity index (χ0n) is 17.9. The summed E-state index contributed by atoms with van der Waals surface area (Å²) in [5, 5.41) is 9.72. The lowest BCUT2D eigenvalue weighted by atomic mass is 9.86. The number of carbonyl (C=O) groups is 2. The Morgan fingerprint density at radius 2 is 1.91 bits per heavy atom. The molecule has 2 heterocycles. The maximum absolute atomic E-state index is 13.4. The molecule has 4 rings (SSSR count). The largest absolute Gasteiger partial charge is 0.332 e. The molecule has 3 aromatic rings. The van der Waals surface area contributed by atoms with Gasteiger partial charge in [-0.05, 0) is 48.4 Å². The zero-order valence-corrected chi connectivity index (χ0v) is 18.6. The molecule has 0 saturated heterocycles. The Hall–Kier alpha value is -3.78. The minimum Gasteiger partial charge on any atom is -0.332 e. The fourth-order valence-electron chi connectivity index (χ4n) is 3.75. The first-order valence-electron chi connectivity index (χ1n) is 10.1. The van der Waals surface area contributed by atoms with Crippen molar-refractivity contribution in [2.24, 2.45) is 7.05 Å². The van der Waals surface area contributed by atoms with Crippen LogP contribution in [0.4, 0.5) is 10.1 Å². The number of carbonyl (C=O) groups excluding carboxylic acids is 2. The molecule has 7 nitrogen and oxygen atoms in total. The van der Waals surface area contributed by atoms with E-state index in [0.29, 0.717) is 38.5 Å². The molecule has 2 amide bonds. The highest BCUT2D eigenvalue weighted by Crippen LogP contribution is 2.34. The lowest BCUT2D eigenvalue weighted by Crippen LogP contribution is -2.32. The number of rotatable bonds is 4. The maximum Gasteiger partial charge on any atom is 0.274 e. The molecular formula is C24H20ClFN4O3. The van der Waals surface area contributed by atoms with Crippen LogP contribution in [-0.4, -0.2) is 21.6 Å². The second kappa shape index (κ2) is 8.99. The summed E-state index contributed by atoms with van der Waals surface area (Å²) in [4.78, 5) is 37.7. The van der Waals surface area contributed by atoms with Gasteiger partial charge in [-0.1, -0.05) is 23.7 Å². The van der Waals surface area contributed by atoms with Gasteiger partial charge in [-0.2, -0.15) is 5.10 Å². The number of benzene rings is 2. The van der Waals surface area contributed by atoms with Gasteiger partial charge in [0.05, 0.1) is 5.56 Å². The van der Waals surface area contributed by atoms with Crippen molar-refractivity contribution in [2.75, 3.05) is 5.32 Å². The molecule has 1 aromatic heterocycles. The topological polar surface area (TPSA) is 93.1 Å². The molecule has 0 fully saturated rings. The van der Waals surface area contributed by atoms with E-state index in [9.17, 15) is 18.8 Å². The molecule has 1 aliphatic rings. The van der Waals surface area contributed by atoms with Crippen LogP contribution in [0.2, 0.25) is 5.02 Å². The summed E-state index contributed by atoms with van der Waals surface area (Å²) in [5.41, 5.74) is 2.63. The Balaban J connectivity index is 1.69. The van der Waals surface area contributed by atoms with E-state index >= 15 is 0 Å². The van der Waals surface area contributed by atoms with Gasteiger partial charge in [0.2, 0.25) is 5.91 Å². The molecule has 168 valence electrons. The van der Waals surface area contributed by atoms with Crippen LogP contribution < -0.4 is 16.2 Å². The molecule has 0 radical (unpaired) electrons. The van der Waals surface area contributed by atoms with Crippen molar-refractivity contribution >= 4 is 29.1 Å². The highest BCUT2D eigenvalue weighted by Gasteiger charge is 2.29. The second-order valence-corrected chi connectivity index (χ2v) is 8.16. The molecule has 9 heteroatoms. The van der Waals surface area contributed by atoms with Crippen LogP contribution in [0.15, 0.2) is 65.2 Å². The monoisotopic (exact) mass is 466 g/mol. The van der Waals surface area contributed by atoms with Crippen molar-refractivity contribution in [1.29, 1.82) is 0 Å². The van der Waals surface area contributed by atoms with E-state index in [1.165, 1.54) is 36.3 Å². The summed E-state index contributed by atoms with van der Waals surface area (Å²) in [6.07, 6.45) is 2.93. The van der Waals surface area contributed by atoms with Gasteiger partial charge in [-0.3, -0.25) is 14.4 Å². The third-order valence-corrected chi connectivity index (χ3v) is 5.86. The lowest BCUT2D eigenvalue weighted by Gasteiger charge is -2.24. The van der Waals surface area contributed by atoms with E-state index in [1.807, 2.05) is 0 Å². The summed E-state index contributed by atoms with van der Waals surface area (Å²) in [5.74, 6) is -1.60. The third kappa shape index (κ3) is 4.56. The van der Waals surface area contributed by atoms with Crippen LogP contribution in [0, 0.1) is 12.7 Å². The summed E-state index contributed by atoms with van der Waals surface area (Å²) < 4.78 is 14.6. The molecule has 0 aliphatic carbocycles. The van der Waals surface area contributed by atoms with E-state index in [2.05, 4.69) is 15.7 Å². The van der Waals surface area contributed by atoms with Crippen LogP contribution in [0.3, 0.4) is 0 Å². The number of aromatic nitrogens is 2. The fraction of sp³-hybridized carbons (Fsp3) is 0.167. The predicted molar refractivity (Wildman–Crippen MR) is 123 cm³/mol. The second-order valence-electron chi connectivity index (χ2n) is 7.75. The first kappa shape index (κ1) is 22.4. The van der Waals surface area contributed by atoms with E-state index in [-0.39, 0.29) is 17.9 Å². The molecular weight excluding hydrogens is 447 g/mol. The summed E-state index contributed by atoms with van der Waals surface area (Å²) in [6.45, 7) is 1.78. The molecule has 1 unspecified atom stereocenters. The lowest BCUT2D eigenvalue weighted by molar-refractivity contribution is -0.121. The fourth-order valence-corrected chi connectivity index (χ4v) is 4.07. The maximum atomic E-state index is 13.4. The Morgan fingerprint density at radius 1 is 1.18 bits per heavy atom. The number of aryl methyl sites for hydroxylation is 2. The smallest absolute Gasteiger partial charge is 0.274 e. The van der Waals surface area contributed by atoms with Gasteiger partial charge in [0.25, 0.3) is 11.5 Å². The number of nitrogens with one attached hydrogen (secondary N) is 2. The van der Waals surface area contributed by atoms with Crippen molar-refractivity contribution < 1.29 is 14.0 Å². The van der Waals surface area contributed by atoms with Crippen LogP contribution in [0.1, 0.15) is 23.5 Å². The number of nitrogens with zero attached hydrogens (tertiary/aromatic N) is 2. The Bertz CT molecular complexity index is 1350. The van der Waals surface area contributed by atoms with Crippen LogP contribution in [-0.2, 0) is 16.6 Å². The number of hydrogen-bond acceptors (Lipinski definition) is 4. The molecule has 2 aromatic carbocycles. The Labute approximate surface area is 193 Å². The van der Waals surface area contributed by atoms with Gasteiger partial charge in [-0.25, -0.2) is 9.07 Å². The van der Waals surface area contributed by atoms with Crippen LogP contribution in [0.25, 0.3) is 11.1 Å². The first-order chi connectivity index (χ1) is 15.7. The normalized spacial score (nSPS) is 15.6. The van der Waals surface area contributed by atoms with Crippen molar-refractivity contribution in [3.8, 4) is 11.1 Å². The quantitative estimate of drug-likeness (QED) is 0.613. The standard InChI is InChI=1S/C24H20ClFN4O3/c1-13-9-20(25)18(16-7-8-28-30(2)24(16)33)10-21(13)29-23(32)19-12-27-22(31)11-17(19)14-3-5-15(26)6-4-14/h3-10,12,17H,11H2,1-2H3,(H,27,31)(H,29,32). The molecule has 0 spiro atoms. The number of anilines is 1. The molecule has 0 saturated carbocycles. The number of amides is 2. The first-order valence-corrected chi connectivity index (χ1v) is 10.5. The van der Waals surface area contributed by atoms with Gasteiger partial charge in [-0.15, -0.1) is 0 Å². The van der Waals surface area contributed by atoms with Crippen LogP contribution in [0.5, 0.6) is 0 Å². The molecule has 1 aliphatic heterocycles.